The molecule has 1 aliphatic heterocycles. The number of hydrogen-bond donors (Lipinski definition) is 2. The fourth-order valence-electron chi connectivity index (χ4n) is 11.7. The van der Waals surface area contributed by atoms with Crippen LogP contribution < -0.4 is 10.6 Å². The molecule has 0 amide bonds. The molecule has 5 aliphatic carbocycles. The van der Waals surface area contributed by atoms with Crippen LogP contribution in [0.3, 0.4) is 0 Å². The van der Waals surface area contributed by atoms with Gasteiger partial charge in [-0.05, 0) is 109 Å². The zero-order chi connectivity index (χ0) is 40.7. The molecule has 0 fully saturated rings. The predicted octanol–water partition coefficient (Wildman–Crippen LogP) is 12.5. The Hall–Kier alpha value is -6.69. The molecule has 5 nitrogen and oxygen atoms in total. The first-order valence-corrected chi connectivity index (χ1v) is 22.8. The van der Waals surface area contributed by atoms with Crippen molar-refractivity contribution in [1.29, 1.82) is 0 Å². The summed E-state index contributed by atoms with van der Waals surface area (Å²) in [4.78, 5) is 5.52. The fraction of sp³-hybridized carbons (Fsp3) is 0.211. The summed E-state index contributed by atoms with van der Waals surface area (Å²) in [6.45, 7) is 0. The molecular formula is C57H49N5. The summed E-state index contributed by atoms with van der Waals surface area (Å²) in [6.07, 6.45) is 33.3. The maximum atomic E-state index is 5.52. The zero-order valence-corrected chi connectivity index (χ0v) is 34.8. The minimum atomic E-state index is -0.130. The van der Waals surface area contributed by atoms with E-state index in [2.05, 4.69) is 190 Å². The molecule has 2 aromatic heterocycles. The Kier molecular flexibility index (Phi) is 8.40. The molecule has 302 valence electrons. The van der Waals surface area contributed by atoms with Gasteiger partial charge in [-0.25, -0.2) is 4.99 Å². The Morgan fingerprint density at radius 1 is 0.629 bits per heavy atom. The van der Waals surface area contributed by atoms with Gasteiger partial charge in [0.25, 0.3) is 0 Å². The van der Waals surface area contributed by atoms with Crippen molar-refractivity contribution < 1.29 is 0 Å². The molecule has 3 heterocycles. The number of rotatable bonds is 5. The summed E-state index contributed by atoms with van der Waals surface area (Å²) in [5.74, 6) is 1.78. The summed E-state index contributed by atoms with van der Waals surface area (Å²) in [5, 5.41) is 13.1. The van der Waals surface area contributed by atoms with Crippen LogP contribution in [0.4, 0.5) is 0 Å². The van der Waals surface area contributed by atoms with Crippen LogP contribution in [0.2, 0.25) is 0 Å². The number of aliphatic imine (C=N–C) groups is 1. The molecule has 7 aromatic rings. The van der Waals surface area contributed by atoms with Crippen molar-refractivity contribution in [3.05, 3.63) is 197 Å². The van der Waals surface area contributed by atoms with E-state index in [4.69, 9.17) is 4.99 Å². The van der Waals surface area contributed by atoms with Crippen molar-refractivity contribution in [3.63, 3.8) is 0 Å². The fourth-order valence-corrected chi connectivity index (χ4v) is 11.7. The van der Waals surface area contributed by atoms with E-state index in [1.54, 1.807) is 0 Å². The van der Waals surface area contributed by atoms with E-state index >= 15 is 0 Å². The number of nitrogens with zero attached hydrogens (tertiary/aromatic N) is 3. The Labute approximate surface area is 362 Å². The Balaban J connectivity index is 0.982. The van der Waals surface area contributed by atoms with Gasteiger partial charge in [0.15, 0.2) is 0 Å². The van der Waals surface area contributed by atoms with Gasteiger partial charge >= 0.3 is 0 Å². The van der Waals surface area contributed by atoms with Gasteiger partial charge in [-0.1, -0.05) is 146 Å². The number of aromatic nitrogens is 2. The van der Waals surface area contributed by atoms with E-state index in [1.807, 2.05) is 0 Å². The number of aryl methyl sites for hydroxylation is 1. The molecule has 0 radical (unpaired) electrons. The van der Waals surface area contributed by atoms with Crippen molar-refractivity contribution >= 4 is 62.3 Å². The van der Waals surface area contributed by atoms with Crippen LogP contribution in [0.1, 0.15) is 76.6 Å². The second kappa shape index (κ2) is 14.5. The minimum Gasteiger partial charge on any atom is -0.350 e. The monoisotopic (exact) mass is 803 g/mol. The lowest BCUT2D eigenvalue weighted by Gasteiger charge is -2.42. The first-order chi connectivity index (χ1) is 30.7. The quantitative estimate of drug-likeness (QED) is 0.182. The lowest BCUT2D eigenvalue weighted by atomic mass is 9.71. The van der Waals surface area contributed by atoms with Gasteiger partial charge in [0.05, 0.1) is 11.0 Å². The summed E-state index contributed by atoms with van der Waals surface area (Å²) in [6, 6.07) is 38.3. The van der Waals surface area contributed by atoms with E-state index in [0.29, 0.717) is 11.8 Å². The molecule has 2 N–H and O–H groups in total. The number of benzene rings is 5. The van der Waals surface area contributed by atoms with Crippen LogP contribution in [0.5, 0.6) is 0 Å². The van der Waals surface area contributed by atoms with Crippen molar-refractivity contribution in [1.82, 2.24) is 19.8 Å². The summed E-state index contributed by atoms with van der Waals surface area (Å²) in [5.41, 5.74) is 16.2. The third-order valence-corrected chi connectivity index (χ3v) is 14.5. The highest BCUT2D eigenvalue weighted by molar-refractivity contribution is 6.05. The number of hydrogen-bond acceptors (Lipinski definition) is 3. The van der Waals surface area contributed by atoms with Gasteiger partial charge in [0, 0.05) is 56.2 Å². The molecule has 0 spiro atoms. The highest BCUT2D eigenvalue weighted by atomic mass is 15.3. The van der Waals surface area contributed by atoms with Gasteiger partial charge in [-0.2, -0.15) is 0 Å². The van der Waals surface area contributed by atoms with Gasteiger partial charge in [0.2, 0.25) is 0 Å². The van der Waals surface area contributed by atoms with E-state index in [0.717, 1.165) is 56.3 Å². The molecule has 62 heavy (non-hydrogen) atoms. The molecule has 0 saturated heterocycles. The standard InChI is InChI=1S/C57H49N5/c1-3-16-37(17-4-1)55-58-56(38-18-5-2-6-19-38)60-57(59-55)50-35-43(31-40-20-8-9-21-44(40)50)61-51-25-13-12-24-47(51)49-33-39-27-29-42(32-41(39)34-53(49)61)62-52-26-14-11-23-46(52)48-30-28-36-15-7-10-22-45(36)54(48)62/h1-9,11-12,15-21,23-24,27-30,32-35,40,44,50,55,57,59H,10,13-14,22,25-26,31H2,(H,58,60). The Morgan fingerprint density at radius 3 is 2.24 bits per heavy atom. The topological polar surface area (TPSA) is 46.3 Å². The highest BCUT2D eigenvalue weighted by Gasteiger charge is 2.40. The second-order valence-electron chi connectivity index (χ2n) is 18.0. The third-order valence-electron chi connectivity index (χ3n) is 14.5. The zero-order valence-electron chi connectivity index (χ0n) is 34.8. The first kappa shape index (κ1) is 36.0. The van der Waals surface area contributed by atoms with Crippen LogP contribution in [0.15, 0.2) is 157 Å². The first-order valence-electron chi connectivity index (χ1n) is 22.8. The smallest absolute Gasteiger partial charge is 0.131 e. The lowest BCUT2D eigenvalue weighted by molar-refractivity contribution is 0.251. The Morgan fingerprint density at radius 2 is 1.39 bits per heavy atom. The molecule has 6 aliphatic rings. The molecule has 0 bridgehead atoms. The van der Waals surface area contributed by atoms with Gasteiger partial charge in [-0.15, -0.1) is 0 Å². The maximum Gasteiger partial charge on any atom is 0.131 e. The Bertz CT molecular complexity index is 3180. The number of nitrogens with one attached hydrogen (secondary N) is 2. The van der Waals surface area contributed by atoms with Crippen molar-refractivity contribution in [2.45, 2.75) is 57.3 Å². The maximum absolute atomic E-state index is 5.52. The summed E-state index contributed by atoms with van der Waals surface area (Å²) in [7, 11) is 0. The van der Waals surface area contributed by atoms with Crippen LogP contribution in [-0.2, 0) is 19.3 Å². The van der Waals surface area contributed by atoms with Crippen LogP contribution in [-0.4, -0.2) is 21.1 Å². The van der Waals surface area contributed by atoms with E-state index < -0.39 is 0 Å². The average Bonchev–Trinajstić information content (AvgIpc) is 3.86. The van der Waals surface area contributed by atoms with Crippen molar-refractivity contribution in [3.8, 4) is 5.69 Å². The average molecular weight is 804 g/mol. The van der Waals surface area contributed by atoms with Crippen LogP contribution in [0, 0.1) is 17.8 Å². The molecule has 13 rings (SSSR count). The van der Waals surface area contributed by atoms with E-state index in [1.165, 1.54) is 83.2 Å². The third kappa shape index (κ3) is 5.75. The number of fused-ring (bicyclic) bond motifs is 10. The predicted molar refractivity (Wildman–Crippen MR) is 258 cm³/mol. The molecule has 0 saturated carbocycles. The highest BCUT2D eigenvalue weighted by Crippen LogP contribution is 2.46. The molecule has 5 aromatic carbocycles. The molecule has 5 unspecified atom stereocenters. The van der Waals surface area contributed by atoms with E-state index in [9.17, 15) is 0 Å². The summed E-state index contributed by atoms with van der Waals surface area (Å²) < 4.78 is 5.30. The van der Waals surface area contributed by atoms with Crippen molar-refractivity contribution in [2.75, 3.05) is 0 Å². The van der Waals surface area contributed by atoms with Crippen molar-refractivity contribution in [2.24, 2.45) is 22.7 Å². The largest absolute Gasteiger partial charge is 0.350 e. The number of allylic oxidation sites excluding steroid dienone is 8. The van der Waals surface area contributed by atoms with Crippen LogP contribution >= 0.6 is 0 Å². The lowest BCUT2D eigenvalue weighted by Crippen LogP contribution is -2.52. The molecular weight excluding hydrogens is 755 g/mol. The molecule has 5 heteroatoms. The second-order valence-corrected chi connectivity index (χ2v) is 18.0. The summed E-state index contributed by atoms with van der Waals surface area (Å²) >= 11 is 0. The van der Waals surface area contributed by atoms with Crippen LogP contribution in [0.25, 0.3) is 62.2 Å². The normalized spacial score (nSPS) is 23.5. The van der Waals surface area contributed by atoms with Gasteiger partial charge in [-0.3, -0.25) is 5.32 Å². The van der Waals surface area contributed by atoms with E-state index in [-0.39, 0.29) is 18.2 Å². The molecule has 5 atom stereocenters. The minimum absolute atomic E-state index is 0.0684. The van der Waals surface area contributed by atoms with Gasteiger partial charge in [0.1, 0.15) is 18.2 Å². The SMILES string of the molecule is C1=CC2CC(n3c4c(c5cc6ccc(-n7c8c(c9ccc%10c(c97)CCC=C%10)C=CCC8)cc6cc53)C=CCC4)=CC(C3N=C(c4ccccc4)NC(c4ccccc4)N3)C2C=C1. The number of amidine groups is 1. The van der Waals surface area contributed by atoms with Gasteiger partial charge < -0.3 is 14.5 Å².